The highest BCUT2D eigenvalue weighted by Crippen LogP contribution is 2.34. The van der Waals surface area contributed by atoms with Gasteiger partial charge in [0, 0.05) is 36.8 Å². The lowest BCUT2D eigenvalue weighted by atomic mass is 10.0. The highest BCUT2D eigenvalue weighted by Gasteiger charge is 2.33. The fourth-order valence-corrected chi connectivity index (χ4v) is 2.35. The number of nitro benzene ring substituents is 1. The van der Waals surface area contributed by atoms with E-state index in [0.29, 0.717) is 12.6 Å². The SMILES string of the molecule is CC(NN1C=CC(=O)[C@H](C)C1)c1cc([N+](=O)[O-])cc(C(F)(F)F)c1. The Labute approximate surface area is 136 Å². The Bertz CT molecular complexity index is 688. The molecule has 0 amide bonds. The third-order valence-electron chi connectivity index (χ3n) is 3.71. The first-order valence-electron chi connectivity index (χ1n) is 7.19. The van der Waals surface area contributed by atoms with Gasteiger partial charge in [0.2, 0.25) is 0 Å². The van der Waals surface area contributed by atoms with Crippen molar-refractivity contribution in [3.8, 4) is 0 Å². The smallest absolute Gasteiger partial charge is 0.314 e. The number of hydrogen-bond donors (Lipinski definition) is 1. The van der Waals surface area contributed by atoms with Crippen LogP contribution >= 0.6 is 0 Å². The van der Waals surface area contributed by atoms with Gasteiger partial charge in [0.15, 0.2) is 5.78 Å². The third-order valence-corrected chi connectivity index (χ3v) is 3.71. The molecule has 6 nitrogen and oxygen atoms in total. The van der Waals surface area contributed by atoms with E-state index in [0.717, 1.165) is 12.1 Å². The molecule has 0 radical (unpaired) electrons. The molecule has 0 aliphatic carbocycles. The second-order valence-electron chi connectivity index (χ2n) is 5.69. The van der Waals surface area contributed by atoms with E-state index in [-0.39, 0.29) is 17.3 Å². The molecule has 0 saturated heterocycles. The number of hydrazine groups is 1. The first kappa shape index (κ1) is 17.9. The summed E-state index contributed by atoms with van der Waals surface area (Å²) in [5.41, 5.74) is 1.38. The van der Waals surface area contributed by atoms with Gasteiger partial charge in [-0.25, -0.2) is 5.43 Å². The number of halogens is 3. The summed E-state index contributed by atoms with van der Waals surface area (Å²) in [6.07, 6.45) is -1.80. The number of nitro groups is 1. The predicted molar refractivity (Wildman–Crippen MR) is 79.7 cm³/mol. The number of carbonyl (C=O) groups is 1. The fourth-order valence-electron chi connectivity index (χ4n) is 2.35. The van der Waals surface area contributed by atoms with Crippen molar-refractivity contribution in [1.29, 1.82) is 0 Å². The monoisotopic (exact) mass is 343 g/mol. The summed E-state index contributed by atoms with van der Waals surface area (Å²) < 4.78 is 38.8. The molecule has 2 rings (SSSR count). The van der Waals surface area contributed by atoms with Crippen molar-refractivity contribution in [1.82, 2.24) is 10.4 Å². The number of non-ortho nitro benzene ring substituents is 1. The summed E-state index contributed by atoms with van der Waals surface area (Å²) in [6.45, 7) is 3.69. The number of alkyl halides is 3. The standard InChI is InChI=1S/C15H16F3N3O3/c1-9-8-20(4-3-14(9)22)19-10(2)11-5-12(15(16,17)18)7-13(6-11)21(23)24/h3-7,9-10,19H,8H2,1-2H3/t9-,10?/m1/s1. The van der Waals surface area contributed by atoms with Gasteiger partial charge in [-0.1, -0.05) is 6.92 Å². The molecule has 1 heterocycles. The van der Waals surface area contributed by atoms with Crippen LogP contribution in [0.2, 0.25) is 0 Å². The van der Waals surface area contributed by atoms with E-state index in [1.807, 2.05) is 0 Å². The van der Waals surface area contributed by atoms with Crippen LogP contribution < -0.4 is 5.43 Å². The zero-order valence-electron chi connectivity index (χ0n) is 13.0. The van der Waals surface area contributed by atoms with Crippen LogP contribution in [0.3, 0.4) is 0 Å². The van der Waals surface area contributed by atoms with Gasteiger partial charge >= 0.3 is 6.18 Å². The van der Waals surface area contributed by atoms with Gasteiger partial charge in [0.25, 0.3) is 5.69 Å². The van der Waals surface area contributed by atoms with Crippen molar-refractivity contribution in [2.24, 2.45) is 5.92 Å². The Morgan fingerprint density at radius 1 is 1.38 bits per heavy atom. The molecule has 1 N–H and O–H groups in total. The summed E-state index contributed by atoms with van der Waals surface area (Å²) >= 11 is 0. The minimum Gasteiger partial charge on any atom is -0.314 e. The van der Waals surface area contributed by atoms with Gasteiger partial charge in [-0.3, -0.25) is 14.9 Å². The second-order valence-corrected chi connectivity index (χ2v) is 5.69. The summed E-state index contributed by atoms with van der Waals surface area (Å²) in [5.74, 6) is -0.277. The summed E-state index contributed by atoms with van der Waals surface area (Å²) in [6, 6.07) is 1.89. The molecule has 2 atom stereocenters. The predicted octanol–water partition coefficient (Wildman–Crippen LogP) is 3.21. The van der Waals surface area contributed by atoms with Crippen LogP contribution in [0.15, 0.2) is 30.5 Å². The van der Waals surface area contributed by atoms with Crippen LogP contribution in [0, 0.1) is 16.0 Å². The Balaban J connectivity index is 2.27. The van der Waals surface area contributed by atoms with Gasteiger partial charge < -0.3 is 5.01 Å². The van der Waals surface area contributed by atoms with Crippen LogP contribution in [0.25, 0.3) is 0 Å². The van der Waals surface area contributed by atoms with Crippen molar-refractivity contribution >= 4 is 11.5 Å². The molecule has 1 unspecified atom stereocenters. The number of benzene rings is 1. The average molecular weight is 343 g/mol. The summed E-state index contributed by atoms with van der Waals surface area (Å²) in [5, 5.41) is 12.5. The number of carbonyl (C=O) groups excluding carboxylic acids is 1. The molecule has 1 aromatic carbocycles. The number of ketones is 1. The maximum atomic E-state index is 12.9. The van der Waals surface area contributed by atoms with Crippen LogP contribution in [0.4, 0.5) is 18.9 Å². The molecule has 0 spiro atoms. The second kappa shape index (κ2) is 6.60. The van der Waals surface area contributed by atoms with E-state index in [1.54, 1.807) is 18.9 Å². The largest absolute Gasteiger partial charge is 0.416 e. The van der Waals surface area contributed by atoms with Crippen LogP contribution in [0.5, 0.6) is 0 Å². The number of nitrogens with one attached hydrogen (secondary N) is 1. The number of hydrogen-bond acceptors (Lipinski definition) is 5. The van der Waals surface area contributed by atoms with Crippen molar-refractivity contribution in [3.05, 3.63) is 51.7 Å². The maximum absolute atomic E-state index is 12.9. The van der Waals surface area contributed by atoms with Crippen molar-refractivity contribution in [3.63, 3.8) is 0 Å². The first-order valence-corrected chi connectivity index (χ1v) is 7.19. The molecule has 1 aliphatic heterocycles. The van der Waals surface area contributed by atoms with Crippen molar-refractivity contribution in [2.75, 3.05) is 6.54 Å². The van der Waals surface area contributed by atoms with E-state index in [9.17, 15) is 28.1 Å². The molecule has 0 fully saturated rings. The zero-order valence-corrected chi connectivity index (χ0v) is 13.0. The lowest BCUT2D eigenvalue weighted by molar-refractivity contribution is -0.385. The van der Waals surface area contributed by atoms with Crippen LogP contribution in [-0.4, -0.2) is 22.3 Å². The Morgan fingerprint density at radius 2 is 2.04 bits per heavy atom. The van der Waals surface area contributed by atoms with Crippen molar-refractivity contribution in [2.45, 2.75) is 26.1 Å². The summed E-state index contributed by atoms with van der Waals surface area (Å²) in [4.78, 5) is 21.5. The Morgan fingerprint density at radius 3 is 2.58 bits per heavy atom. The van der Waals surface area contributed by atoms with Crippen LogP contribution in [-0.2, 0) is 11.0 Å². The molecule has 1 aromatic rings. The molecule has 1 aliphatic rings. The molecule has 0 saturated carbocycles. The van der Waals surface area contributed by atoms with Gasteiger partial charge in [-0.15, -0.1) is 0 Å². The van der Waals surface area contributed by atoms with Crippen molar-refractivity contribution < 1.29 is 22.9 Å². The molecule has 9 heteroatoms. The minimum absolute atomic E-state index is 0.0320. The normalized spacial score (nSPS) is 19.5. The molecular formula is C15H16F3N3O3. The molecule has 0 aromatic heterocycles. The van der Waals surface area contributed by atoms with Gasteiger partial charge in [-0.05, 0) is 24.6 Å². The maximum Gasteiger partial charge on any atom is 0.416 e. The lowest BCUT2D eigenvalue weighted by Gasteiger charge is -2.30. The molecule has 24 heavy (non-hydrogen) atoms. The van der Waals surface area contributed by atoms with Gasteiger partial charge in [0.05, 0.1) is 10.5 Å². The van der Waals surface area contributed by atoms with Gasteiger partial charge in [0.1, 0.15) is 0 Å². The van der Waals surface area contributed by atoms with E-state index in [2.05, 4.69) is 5.43 Å². The highest BCUT2D eigenvalue weighted by atomic mass is 19.4. The number of allylic oxidation sites excluding steroid dienone is 1. The third kappa shape index (κ3) is 4.10. The van der Waals surface area contributed by atoms with E-state index >= 15 is 0 Å². The minimum atomic E-state index is -4.67. The van der Waals surface area contributed by atoms with Gasteiger partial charge in [-0.2, -0.15) is 13.2 Å². The van der Waals surface area contributed by atoms with E-state index in [4.69, 9.17) is 0 Å². The van der Waals surface area contributed by atoms with Crippen LogP contribution in [0.1, 0.15) is 31.0 Å². The quantitative estimate of drug-likeness (QED) is 0.671. The average Bonchev–Trinajstić information content (AvgIpc) is 2.49. The topological polar surface area (TPSA) is 75.5 Å². The lowest BCUT2D eigenvalue weighted by Crippen LogP contribution is -2.42. The first-order chi connectivity index (χ1) is 11.1. The molecule has 130 valence electrons. The Hall–Kier alpha value is -2.42. The summed E-state index contributed by atoms with van der Waals surface area (Å²) in [7, 11) is 0. The number of rotatable bonds is 4. The van der Waals surface area contributed by atoms with E-state index in [1.165, 1.54) is 12.3 Å². The van der Waals surface area contributed by atoms with E-state index < -0.39 is 28.4 Å². The highest BCUT2D eigenvalue weighted by molar-refractivity contribution is 5.92. The number of nitrogens with zero attached hydrogens (tertiary/aromatic N) is 2. The molecular weight excluding hydrogens is 327 g/mol. The Kier molecular flexibility index (Phi) is 4.93. The zero-order chi connectivity index (χ0) is 18.1. The fraction of sp³-hybridized carbons (Fsp3) is 0.400. The molecule has 0 bridgehead atoms.